The summed E-state index contributed by atoms with van der Waals surface area (Å²) in [5.41, 5.74) is 0. The van der Waals surface area contributed by atoms with Gasteiger partial charge in [0.25, 0.3) is 0 Å². The predicted octanol–water partition coefficient (Wildman–Crippen LogP) is 1.06. The van der Waals surface area contributed by atoms with Gasteiger partial charge in [0.1, 0.15) is 6.04 Å². The van der Waals surface area contributed by atoms with Crippen LogP contribution in [-0.4, -0.2) is 51.0 Å². The highest BCUT2D eigenvalue weighted by Gasteiger charge is 2.52. The van der Waals surface area contributed by atoms with Crippen molar-refractivity contribution in [2.45, 2.75) is 50.4 Å². The molecule has 0 aromatic heterocycles. The summed E-state index contributed by atoms with van der Waals surface area (Å²) in [5, 5.41) is 11.6. The summed E-state index contributed by atoms with van der Waals surface area (Å²) in [6.45, 7) is 4.27. The molecule has 2 heterocycles. The zero-order valence-electron chi connectivity index (χ0n) is 12.4. The number of nitrogens with one attached hydrogen (secondary N) is 1. The fraction of sp³-hybridized carbons (Fsp3) is 0.786. The van der Waals surface area contributed by atoms with Gasteiger partial charge in [-0.15, -0.1) is 11.8 Å². The molecule has 118 valence electrons. The molecule has 2 saturated heterocycles. The smallest absolute Gasteiger partial charge is 0.303 e. The molecule has 0 bridgehead atoms. The van der Waals surface area contributed by atoms with E-state index in [4.69, 9.17) is 5.11 Å². The number of amides is 2. The Balaban J connectivity index is 1.92. The molecule has 2 rings (SSSR count). The van der Waals surface area contributed by atoms with E-state index >= 15 is 0 Å². The minimum absolute atomic E-state index is 0.0419. The van der Waals surface area contributed by atoms with E-state index in [1.165, 1.54) is 0 Å². The van der Waals surface area contributed by atoms with Crippen LogP contribution < -0.4 is 5.32 Å². The van der Waals surface area contributed by atoms with Gasteiger partial charge in [-0.05, 0) is 19.3 Å². The maximum Gasteiger partial charge on any atom is 0.303 e. The second-order valence-electron chi connectivity index (χ2n) is 5.88. The van der Waals surface area contributed by atoms with E-state index in [0.29, 0.717) is 25.1 Å². The lowest BCUT2D eigenvalue weighted by Gasteiger charge is -2.30. The molecule has 0 aromatic carbocycles. The minimum Gasteiger partial charge on any atom is -0.481 e. The Morgan fingerprint density at radius 3 is 2.90 bits per heavy atom. The largest absolute Gasteiger partial charge is 0.481 e. The third kappa shape index (κ3) is 3.33. The monoisotopic (exact) mass is 314 g/mol. The quantitative estimate of drug-likeness (QED) is 0.765. The topological polar surface area (TPSA) is 86.7 Å². The summed E-state index contributed by atoms with van der Waals surface area (Å²) in [5.74, 6) is -0.425. The van der Waals surface area contributed by atoms with Gasteiger partial charge in [-0.3, -0.25) is 14.4 Å². The molecule has 0 aliphatic carbocycles. The van der Waals surface area contributed by atoms with Crippen molar-refractivity contribution in [3.63, 3.8) is 0 Å². The van der Waals surface area contributed by atoms with Crippen LogP contribution in [0.2, 0.25) is 0 Å². The molecule has 7 heteroatoms. The van der Waals surface area contributed by atoms with Crippen LogP contribution >= 0.6 is 11.8 Å². The van der Waals surface area contributed by atoms with E-state index in [1.54, 1.807) is 16.7 Å². The van der Waals surface area contributed by atoms with Crippen LogP contribution in [0.3, 0.4) is 0 Å². The molecule has 0 radical (unpaired) electrons. The van der Waals surface area contributed by atoms with Crippen LogP contribution in [0, 0.1) is 5.92 Å². The van der Waals surface area contributed by atoms with Gasteiger partial charge in [0.2, 0.25) is 11.8 Å². The average molecular weight is 314 g/mol. The number of carbonyl (C=O) groups excluding carboxylic acids is 2. The fourth-order valence-electron chi connectivity index (χ4n) is 2.99. The van der Waals surface area contributed by atoms with Crippen molar-refractivity contribution in [1.82, 2.24) is 10.2 Å². The average Bonchev–Trinajstić information content (AvgIpc) is 2.91. The van der Waals surface area contributed by atoms with Gasteiger partial charge >= 0.3 is 5.97 Å². The van der Waals surface area contributed by atoms with Crippen molar-refractivity contribution in [3.05, 3.63) is 0 Å². The van der Waals surface area contributed by atoms with Crippen molar-refractivity contribution < 1.29 is 19.5 Å². The van der Waals surface area contributed by atoms with E-state index in [0.717, 1.165) is 6.42 Å². The first-order chi connectivity index (χ1) is 9.87. The number of aliphatic carboxylic acids is 1. The molecule has 2 amide bonds. The Kier molecular flexibility index (Phi) is 4.81. The van der Waals surface area contributed by atoms with Crippen molar-refractivity contribution >= 4 is 29.5 Å². The summed E-state index contributed by atoms with van der Waals surface area (Å²) in [7, 11) is 0. The molecule has 0 aromatic rings. The Labute approximate surface area is 128 Å². The number of thioether (sulfide) groups is 1. The summed E-state index contributed by atoms with van der Waals surface area (Å²) < 4.78 is 0. The number of carbonyl (C=O) groups is 3. The van der Waals surface area contributed by atoms with E-state index < -0.39 is 12.0 Å². The maximum absolute atomic E-state index is 12.3. The second-order valence-corrected chi connectivity index (χ2v) is 7.38. The molecular formula is C14H22N2O4S. The molecule has 21 heavy (non-hydrogen) atoms. The third-order valence-corrected chi connectivity index (χ3v) is 5.86. The molecule has 2 fully saturated rings. The maximum atomic E-state index is 12.3. The van der Waals surface area contributed by atoms with Crippen LogP contribution in [0.4, 0.5) is 0 Å². The SMILES string of the molecule is CCC(CNC(=O)C1CSC2(C)CCC(=O)N12)CC(=O)O. The zero-order chi connectivity index (χ0) is 15.6. The zero-order valence-corrected chi connectivity index (χ0v) is 13.2. The molecule has 0 spiro atoms. The third-order valence-electron chi connectivity index (χ3n) is 4.35. The van der Waals surface area contributed by atoms with Gasteiger partial charge in [0.15, 0.2) is 0 Å². The van der Waals surface area contributed by atoms with E-state index in [9.17, 15) is 14.4 Å². The Hall–Kier alpha value is -1.24. The molecule has 3 unspecified atom stereocenters. The van der Waals surface area contributed by atoms with Gasteiger partial charge in [-0.2, -0.15) is 0 Å². The van der Waals surface area contributed by atoms with Gasteiger partial charge in [-0.1, -0.05) is 13.3 Å². The summed E-state index contributed by atoms with van der Waals surface area (Å²) >= 11 is 1.66. The molecule has 0 saturated carbocycles. The first kappa shape index (κ1) is 16.1. The van der Waals surface area contributed by atoms with Crippen LogP contribution in [0.1, 0.15) is 39.5 Å². The minimum atomic E-state index is -0.852. The van der Waals surface area contributed by atoms with Crippen LogP contribution in [-0.2, 0) is 14.4 Å². The van der Waals surface area contributed by atoms with E-state index in [-0.39, 0.29) is 29.0 Å². The molecule has 2 aliphatic heterocycles. The summed E-state index contributed by atoms with van der Waals surface area (Å²) in [6, 6.07) is -0.419. The summed E-state index contributed by atoms with van der Waals surface area (Å²) in [6.07, 6.45) is 2.05. The van der Waals surface area contributed by atoms with Crippen molar-refractivity contribution in [2.24, 2.45) is 5.92 Å². The van der Waals surface area contributed by atoms with E-state index in [1.807, 2.05) is 13.8 Å². The van der Waals surface area contributed by atoms with Crippen LogP contribution in [0.25, 0.3) is 0 Å². The Morgan fingerprint density at radius 2 is 2.29 bits per heavy atom. The highest BCUT2D eigenvalue weighted by molar-refractivity contribution is 8.01. The van der Waals surface area contributed by atoms with E-state index in [2.05, 4.69) is 5.32 Å². The number of hydrogen-bond donors (Lipinski definition) is 2. The molecule has 2 N–H and O–H groups in total. The molecule has 2 aliphatic rings. The lowest BCUT2D eigenvalue weighted by molar-refractivity contribution is -0.139. The molecular weight excluding hydrogens is 292 g/mol. The first-order valence-electron chi connectivity index (χ1n) is 7.33. The second kappa shape index (κ2) is 6.25. The van der Waals surface area contributed by atoms with Crippen molar-refractivity contribution in [2.75, 3.05) is 12.3 Å². The van der Waals surface area contributed by atoms with Gasteiger partial charge < -0.3 is 15.3 Å². The number of fused-ring (bicyclic) bond motifs is 1. The molecule has 3 atom stereocenters. The van der Waals surface area contributed by atoms with Gasteiger partial charge in [0, 0.05) is 25.1 Å². The Morgan fingerprint density at radius 1 is 1.57 bits per heavy atom. The summed E-state index contributed by atoms with van der Waals surface area (Å²) in [4.78, 5) is 36.5. The molecule has 6 nitrogen and oxygen atoms in total. The van der Waals surface area contributed by atoms with Crippen LogP contribution in [0.5, 0.6) is 0 Å². The Bertz CT molecular complexity index is 456. The standard InChI is InChI=1S/C14H22N2O4S/c1-3-9(6-12(18)19)7-15-13(20)10-8-21-14(2)5-4-11(17)16(10)14/h9-10H,3-8H2,1-2H3,(H,15,20)(H,18,19). The normalized spacial score (nSPS) is 29.3. The van der Waals surface area contributed by atoms with Crippen molar-refractivity contribution in [1.29, 1.82) is 0 Å². The highest BCUT2D eigenvalue weighted by Crippen LogP contribution is 2.47. The fourth-order valence-corrected chi connectivity index (χ4v) is 4.42. The highest BCUT2D eigenvalue weighted by atomic mass is 32.2. The van der Waals surface area contributed by atoms with Gasteiger partial charge in [-0.25, -0.2) is 0 Å². The van der Waals surface area contributed by atoms with Crippen LogP contribution in [0.15, 0.2) is 0 Å². The number of hydrogen-bond acceptors (Lipinski definition) is 4. The predicted molar refractivity (Wildman–Crippen MR) is 79.8 cm³/mol. The number of rotatable bonds is 6. The number of nitrogens with zero attached hydrogens (tertiary/aromatic N) is 1. The lowest BCUT2D eigenvalue weighted by Crippen LogP contribution is -2.50. The van der Waals surface area contributed by atoms with Gasteiger partial charge in [0.05, 0.1) is 4.87 Å². The number of carboxylic acid groups (broad SMARTS) is 1. The lowest BCUT2D eigenvalue weighted by atomic mass is 10.0. The number of carboxylic acids is 1. The van der Waals surface area contributed by atoms with Crippen molar-refractivity contribution in [3.8, 4) is 0 Å². The first-order valence-corrected chi connectivity index (χ1v) is 8.31.